The number of halogens is 2. The molecule has 0 unspecified atom stereocenters. The Bertz CT molecular complexity index is 745. The lowest BCUT2D eigenvalue weighted by molar-refractivity contribution is -0.121. The van der Waals surface area contributed by atoms with Crippen molar-refractivity contribution in [3.05, 3.63) is 58.0 Å². The number of amides is 2. The van der Waals surface area contributed by atoms with E-state index in [0.29, 0.717) is 35.1 Å². The van der Waals surface area contributed by atoms with Gasteiger partial charge in [0.15, 0.2) is 0 Å². The Kier molecular flexibility index (Phi) is 7.54. The van der Waals surface area contributed by atoms with Crippen molar-refractivity contribution in [1.82, 2.24) is 10.2 Å². The minimum atomic E-state index is -0.144. The van der Waals surface area contributed by atoms with Crippen molar-refractivity contribution < 1.29 is 14.0 Å². The van der Waals surface area contributed by atoms with Crippen LogP contribution in [-0.2, 0) is 11.2 Å². The Hall–Kier alpha value is -1.98. The summed E-state index contributed by atoms with van der Waals surface area (Å²) in [7, 11) is 0. The molecule has 2 rings (SSSR count). The first-order valence-electron chi connectivity index (χ1n) is 8.42. The van der Waals surface area contributed by atoms with E-state index in [1.54, 1.807) is 23.1 Å². The van der Waals surface area contributed by atoms with Crippen molar-refractivity contribution in [2.75, 3.05) is 13.1 Å². The summed E-state index contributed by atoms with van der Waals surface area (Å²) in [4.78, 5) is 26.2. The van der Waals surface area contributed by atoms with Crippen molar-refractivity contribution in [2.45, 2.75) is 32.7 Å². The largest absolute Gasteiger partial charge is 0.472 e. The van der Waals surface area contributed by atoms with E-state index >= 15 is 0 Å². The molecule has 2 aromatic rings. The summed E-state index contributed by atoms with van der Waals surface area (Å²) in [5.41, 5.74) is 1.41. The monoisotopic (exact) mass is 396 g/mol. The molecule has 0 bridgehead atoms. The Morgan fingerprint density at radius 1 is 1.23 bits per heavy atom. The van der Waals surface area contributed by atoms with Gasteiger partial charge in [-0.15, -0.1) is 0 Å². The molecule has 1 aromatic heterocycles. The molecule has 1 aromatic carbocycles. The fourth-order valence-electron chi connectivity index (χ4n) is 2.52. The first-order chi connectivity index (χ1) is 12.4. The lowest BCUT2D eigenvalue weighted by Gasteiger charge is -2.26. The second kappa shape index (κ2) is 9.64. The highest BCUT2D eigenvalue weighted by atomic mass is 35.5. The Morgan fingerprint density at radius 2 is 2.00 bits per heavy atom. The van der Waals surface area contributed by atoms with E-state index in [2.05, 4.69) is 5.32 Å². The van der Waals surface area contributed by atoms with Crippen LogP contribution in [0, 0.1) is 0 Å². The number of rotatable bonds is 8. The van der Waals surface area contributed by atoms with Gasteiger partial charge in [0.25, 0.3) is 5.91 Å². The highest BCUT2D eigenvalue weighted by Crippen LogP contribution is 2.21. The maximum atomic E-state index is 12.4. The molecule has 1 heterocycles. The van der Waals surface area contributed by atoms with Crippen molar-refractivity contribution in [2.24, 2.45) is 0 Å². The summed E-state index contributed by atoms with van der Waals surface area (Å²) in [5, 5.41) is 4.02. The highest BCUT2D eigenvalue weighted by molar-refractivity contribution is 6.35. The molecule has 2 amide bonds. The van der Waals surface area contributed by atoms with E-state index in [1.807, 2.05) is 19.9 Å². The second-order valence-corrected chi connectivity index (χ2v) is 7.03. The van der Waals surface area contributed by atoms with Crippen LogP contribution >= 0.6 is 23.2 Å². The first-order valence-corrected chi connectivity index (χ1v) is 9.18. The van der Waals surface area contributed by atoms with Gasteiger partial charge in [-0.3, -0.25) is 9.59 Å². The van der Waals surface area contributed by atoms with Crippen LogP contribution in [0.4, 0.5) is 0 Å². The first kappa shape index (κ1) is 20.3. The SMILES string of the molecule is CC(C)N(CCC(=O)NCCc1ccc(Cl)cc1Cl)C(=O)c1ccoc1. The van der Waals surface area contributed by atoms with E-state index in [0.717, 1.165) is 5.56 Å². The molecule has 0 saturated heterocycles. The number of nitrogens with one attached hydrogen (secondary N) is 1. The number of nitrogens with zero attached hydrogens (tertiary/aromatic N) is 1. The third kappa shape index (κ3) is 5.78. The molecule has 0 radical (unpaired) electrons. The summed E-state index contributed by atoms with van der Waals surface area (Å²) in [6.07, 6.45) is 3.72. The van der Waals surface area contributed by atoms with E-state index in [-0.39, 0.29) is 24.3 Å². The van der Waals surface area contributed by atoms with Crippen LogP contribution < -0.4 is 5.32 Å². The van der Waals surface area contributed by atoms with Crippen LogP contribution in [0.1, 0.15) is 36.2 Å². The Morgan fingerprint density at radius 3 is 2.62 bits per heavy atom. The normalized spacial score (nSPS) is 10.8. The minimum Gasteiger partial charge on any atom is -0.472 e. The molecular weight excluding hydrogens is 375 g/mol. The van der Waals surface area contributed by atoms with Crippen molar-refractivity contribution in [3.8, 4) is 0 Å². The number of carbonyl (C=O) groups excluding carboxylic acids is 2. The number of hydrogen-bond donors (Lipinski definition) is 1. The zero-order valence-corrected chi connectivity index (χ0v) is 16.3. The van der Waals surface area contributed by atoms with Crippen LogP contribution in [0.3, 0.4) is 0 Å². The van der Waals surface area contributed by atoms with Gasteiger partial charge >= 0.3 is 0 Å². The van der Waals surface area contributed by atoms with E-state index in [9.17, 15) is 9.59 Å². The molecule has 0 spiro atoms. The van der Waals surface area contributed by atoms with Crippen molar-refractivity contribution in [3.63, 3.8) is 0 Å². The quantitative estimate of drug-likeness (QED) is 0.727. The summed E-state index contributed by atoms with van der Waals surface area (Å²) >= 11 is 12.0. The zero-order valence-electron chi connectivity index (χ0n) is 14.8. The highest BCUT2D eigenvalue weighted by Gasteiger charge is 2.20. The van der Waals surface area contributed by atoms with Crippen molar-refractivity contribution >= 4 is 35.0 Å². The number of carbonyl (C=O) groups is 2. The number of furan rings is 1. The third-order valence-electron chi connectivity index (χ3n) is 3.96. The van der Waals surface area contributed by atoms with Gasteiger partial charge in [0.05, 0.1) is 11.8 Å². The number of benzene rings is 1. The van der Waals surface area contributed by atoms with Gasteiger partial charge < -0.3 is 14.6 Å². The molecule has 5 nitrogen and oxygen atoms in total. The molecule has 0 saturated carbocycles. The smallest absolute Gasteiger partial charge is 0.257 e. The lowest BCUT2D eigenvalue weighted by Crippen LogP contribution is -2.39. The van der Waals surface area contributed by atoms with Gasteiger partial charge in [0, 0.05) is 35.6 Å². The second-order valence-electron chi connectivity index (χ2n) is 6.19. The molecule has 1 N–H and O–H groups in total. The molecule has 0 aliphatic rings. The topological polar surface area (TPSA) is 62.6 Å². The Labute approximate surface area is 163 Å². The maximum Gasteiger partial charge on any atom is 0.257 e. The molecule has 0 fully saturated rings. The van der Waals surface area contributed by atoms with E-state index < -0.39 is 0 Å². The van der Waals surface area contributed by atoms with E-state index in [4.69, 9.17) is 27.6 Å². The van der Waals surface area contributed by atoms with Crippen LogP contribution in [0.25, 0.3) is 0 Å². The van der Waals surface area contributed by atoms with Gasteiger partial charge in [-0.1, -0.05) is 29.3 Å². The van der Waals surface area contributed by atoms with E-state index in [1.165, 1.54) is 12.5 Å². The average molecular weight is 397 g/mol. The van der Waals surface area contributed by atoms with Crippen LogP contribution in [0.15, 0.2) is 41.2 Å². The summed E-state index contributed by atoms with van der Waals surface area (Å²) in [6.45, 7) is 4.64. The molecule has 0 atom stereocenters. The zero-order chi connectivity index (χ0) is 19.1. The summed E-state index contributed by atoms with van der Waals surface area (Å²) < 4.78 is 4.96. The van der Waals surface area contributed by atoms with Crippen LogP contribution in [-0.4, -0.2) is 35.8 Å². The van der Waals surface area contributed by atoms with Gasteiger partial charge in [-0.05, 0) is 44.0 Å². The summed E-state index contributed by atoms with van der Waals surface area (Å²) in [6, 6.07) is 6.90. The molecule has 7 heteroatoms. The standard InChI is InChI=1S/C19H22Cl2N2O3/c1-13(2)23(19(25)15-7-10-26-12-15)9-6-18(24)22-8-5-14-3-4-16(20)11-17(14)21/h3-4,7,10-13H,5-6,8-9H2,1-2H3,(H,22,24). The van der Waals surface area contributed by atoms with Crippen LogP contribution in [0.5, 0.6) is 0 Å². The average Bonchev–Trinajstić information content (AvgIpc) is 3.11. The molecule has 140 valence electrons. The summed E-state index contributed by atoms with van der Waals surface area (Å²) in [5.74, 6) is -0.254. The van der Waals surface area contributed by atoms with Gasteiger partial charge in [-0.2, -0.15) is 0 Å². The molecule has 0 aliphatic carbocycles. The predicted molar refractivity (Wildman–Crippen MR) is 103 cm³/mol. The van der Waals surface area contributed by atoms with Crippen molar-refractivity contribution in [1.29, 1.82) is 0 Å². The van der Waals surface area contributed by atoms with Gasteiger partial charge in [0.2, 0.25) is 5.91 Å². The third-order valence-corrected chi connectivity index (χ3v) is 4.55. The fraction of sp³-hybridized carbons (Fsp3) is 0.368. The fourth-order valence-corrected chi connectivity index (χ4v) is 3.02. The number of hydrogen-bond acceptors (Lipinski definition) is 3. The minimum absolute atomic E-state index is 0.0157. The maximum absolute atomic E-state index is 12.4. The lowest BCUT2D eigenvalue weighted by atomic mass is 10.1. The Balaban J connectivity index is 1.80. The van der Waals surface area contributed by atoms with Gasteiger partial charge in [-0.25, -0.2) is 0 Å². The molecular formula is C19H22Cl2N2O3. The van der Waals surface area contributed by atoms with Gasteiger partial charge in [0.1, 0.15) is 6.26 Å². The molecule has 0 aliphatic heterocycles. The molecule has 26 heavy (non-hydrogen) atoms. The predicted octanol–water partition coefficient (Wildman–Crippen LogP) is 4.19. The van der Waals surface area contributed by atoms with Crippen LogP contribution in [0.2, 0.25) is 10.0 Å².